The first-order valence-electron chi connectivity index (χ1n) is 5.69. The molecule has 0 bridgehead atoms. The van der Waals surface area contributed by atoms with E-state index < -0.39 is 11.8 Å². The van der Waals surface area contributed by atoms with Crippen LogP contribution in [0.15, 0.2) is 23.6 Å². The third kappa shape index (κ3) is 3.08. The van der Waals surface area contributed by atoms with Crippen LogP contribution in [0.4, 0.5) is 4.39 Å². The summed E-state index contributed by atoms with van der Waals surface area (Å²) in [7, 11) is 0. The molecule has 1 aromatic carbocycles. The van der Waals surface area contributed by atoms with E-state index in [1.165, 1.54) is 29.5 Å². The molecule has 19 heavy (non-hydrogen) atoms. The topological polar surface area (TPSA) is 59.4 Å². The first-order valence-corrected chi connectivity index (χ1v) is 6.57. The van der Waals surface area contributed by atoms with Gasteiger partial charge in [-0.1, -0.05) is 13.0 Å². The summed E-state index contributed by atoms with van der Waals surface area (Å²) in [5, 5.41) is 11.8. The minimum Gasteiger partial charge on any atom is -0.483 e. The Morgan fingerprint density at radius 1 is 1.53 bits per heavy atom. The number of halogens is 1. The van der Waals surface area contributed by atoms with Gasteiger partial charge in [-0.05, 0) is 18.6 Å². The molecule has 2 rings (SSSR count). The fraction of sp³-hybridized carbons (Fsp3) is 0.231. The van der Waals surface area contributed by atoms with Crippen LogP contribution in [0.2, 0.25) is 0 Å². The Balaban J connectivity index is 2.17. The van der Waals surface area contributed by atoms with Crippen molar-refractivity contribution in [3.63, 3.8) is 0 Å². The van der Waals surface area contributed by atoms with E-state index in [2.05, 4.69) is 4.98 Å². The highest BCUT2D eigenvalue weighted by Gasteiger charge is 2.16. The maximum Gasteiger partial charge on any atom is 0.339 e. The molecule has 0 saturated heterocycles. The largest absolute Gasteiger partial charge is 0.483 e. The summed E-state index contributed by atoms with van der Waals surface area (Å²) in [4.78, 5) is 15.2. The van der Waals surface area contributed by atoms with Gasteiger partial charge >= 0.3 is 5.97 Å². The van der Waals surface area contributed by atoms with E-state index in [4.69, 9.17) is 9.84 Å². The van der Waals surface area contributed by atoms with Crippen LogP contribution in [-0.4, -0.2) is 16.1 Å². The number of carboxylic acid groups (broad SMARTS) is 1. The number of aryl methyl sites for hydroxylation is 1. The molecule has 0 unspecified atom stereocenters. The average molecular weight is 281 g/mol. The number of aromatic carboxylic acids is 1. The van der Waals surface area contributed by atoms with Crippen LogP contribution in [0, 0.1) is 5.82 Å². The van der Waals surface area contributed by atoms with Crippen LogP contribution in [0.5, 0.6) is 5.75 Å². The molecular formula is C13H12FNO3S. The van der Waals surface area contributed by atoms with Crippen LogP contribution >= 0.6 is 11.3 Å². The van der Waals surface area contributed by atoms with Crippen molar-refractivity contribution in [1.82, 2.24) is 4.98 Å². The molecule has 0 radical (unpaired) electrons. The van der Waals surface area contributed by atoms with Gasteiger partial charge in [0, 0.05) is 5.38 Å². The lowest BCUT2D eigenvalue weighted by Crippen LogP contribution is -2.05. The number of hydrogen-bond acceptors (Lipinski definition) is 4. The van der Waals surface area contributed by atoms with Gasteiger partial charge in [0.1, 0.15) is 12.2 Å². The fourth-order valence-corrected chi connectivity index (χ4v) is 2.28. The Kier molecular flexibility index (Phi) is 4.11. The normalized spacial score (nSPS) is 10.4. The second kappa shape index (κ2) is 5.79. The number of nitrogens with zero attached hydrogens (tertiary/aromatic N) is 1. The Hall–Kier alpha value is -1.95. The lowest BCUT2D eigenvalue weighted by Gasteiger charge is -2.08. The van der Waals surface area contributed by atoms with Gasteiger partial charge in [-0.2, -0.15) is 0 Å². The van der Waals surface area contributed by atoms with E-state index in [9.17, 15) is 9.18 Å². The molecule has 0 atom stereocenters. The summed E-state index contributed by atoms with van der Waals surface area (Å²) < 4.78 is 18.8. The molecule has 4 nitrogen and oxygen atoms in total. The maximum atomic E-state index is 13.6. The molecule has 0 aliphatic rings. The quantitative estimate of drug-likeness (QED) is 0.914. The SMILES string of the molecule is CCc1nc(COc2c(F)cccc2C(=O)O)cs1. The predicted molar refractivity (Wildman–Crippen MR) is 69.2 cm³/mol. The number of para-hydroxylation sites is 1. The third-order valence-corrected chi connectivity index (χ3v) is 3.51. The number of rotatable bonds is 5. The number of thiazole rings is 1. The Bertz CT molecular complexity index is 597. The molecule has 1 aromatic heterocycles. The molecular weight excluding hydrogens is 269 g/mol. The van der Waals surface area contributed by atoms with Crippen LogP contribution in [0.1, 0.15) is 28.0 Å². The summed E-state index contributed by atoms with van der Waals surface area (Å²) in [6.45, 7) is 2.04. The number of aromatic nitrogens is 1. The van der Waals surface area contributed by atoms with Gasteiger partial charge in [0.25, 0.3) is 0 Å². The third-order valence-electron chi connectivity index (χ3n) is 2.46. The standard InChI is InChI=1S/C13H12FNO3S/c1-2-11-15-8(7-19-11)6-18-12-9(13(16)17)4-3-5-10(12)14/h3-5,7H,2,6H2,1H3,(H,16,17). The zero-order valence-electron chi connectivity index (χ0n) is 10.2. The molecule has 0 spiro atoms. The van der Waals surface area contributed by atoms with Crippen molar-refractivity contribution >= 4 is 17.3 Å². The first-order chi connectivity index (χ1) is 9.11. The van der Waals surface area contributed by atoms with Crippen molar-refractivity contribution in [3.8, 4) is 5.75 Å². The smallest absolute Gasteiger partial charge is 0.339 e. The molecule has 6 heteroatoms. The van der Waals surface area contributed by atoms with Gasteiger partial charge in [0.2, 0.25) is 0 Å². The van der Waals surface area contributed by atoms with Crippen LogP contribution in [0.3, 0.4) is 0 Å². The molecule has 0 saturated carbocycles. The van der Waals surface area contributed by atoms with Gasteiger partial charge in [0.15, 0.2) is 11.6 Å². The van der Waals surface area contributed by atoms with Crippen LogP contribution < -0.4 is 4.74 Å². The highest BCUT2D eigenvalue weighted by atomic mass is 32.1. The Morgan fingerprint density at radius 2 is 2.32 bits per heavy atom. The second-order valence-corrected chi connectivity index (χ2v) is 4.74. The number of hydrogen-bond donors (Lipinski definition) is 1. The Morgan fingerprint density at radius 3 is 2.95 bits per heavy atom. The molecule has 0 amide bonds. The van der Waals surface area contributed by atoms with Gasteiger partial charge in [0.05, 0.1) is 10.7 Å². The lowest BCUT2D eigenvalue weighted by atomic mass is 10.2. The van der Waals surface area contributed by atoms with E-state index in [0.29, 0.717) is 5.69 Å². The van der Waals surface area contributed by atoms with Crippen molar-refractivity contribution in [1.29, 1.82) is 0 Å². The summed E-state index contributed by atoms with van der Waals surface area (Å²) in [5.74, 6) is -2.16. The van der Waals surface area contributed by atoms with Gasteiger partial charge in [-0.25, -0.2) is 14.2 Å². The van der Waals surface area contributed by atoms with Crippen molar-refractivity contribution in [2.45, 2.75) is 20.0 Å². The zero-order chi connectivity index (χ0) is 13.8. The molecule has 0 aliphatic heterocycles. The monoisotopic (exact) mass is 281 g/mol. The lowest BCUT2D eigenvalue weighted by molar-refractivity contribution is 0.0690. The number of carbonyl (C=O) groups is 1. The zero-order valence-corrected chi connectivity index (χ0v) is 11.0. The molecule has 1 N–H and O–H groups in total. The molecule has 2 aromatic rings. The van der Waals surface area contributed by atoms with E-state index in [-0.39, 0.29) is 17.9 Å². The first kappa shape index (κ1) is 13.5. The van der Waals surface area contributed by atoms with E-state index in [1.54, 1.807) is 0 Å². The summed E-state index contributed by atoms with van der Waals surface area (Å²) in [5.41, 5.74) is 0.479. The Labute approximate surface area is 113 Å². The second-order valence-electron chi connectivity index (χ2n) is 3.80. The molecule has 0 fully saturated rings. The summed E-state index contributed by atoms with van der Waals surface area (Å²) in [6, 6.07) is 3.81. The fourth-order valence-electron chi connectivity index (χ4n) is 1.55. The van der Waals surface area contributed by atoms with Crippen molar-refractivity contribution in [2.24, 2.45) is 0 Å². The molecule has 0 aliphatic carbocycles. The highest BCUT2D eigenvalue weighted by molar-refractivity contribution is 7.09. The summed E-state index contributed by atoms with van der Waals surface area (Å²) >= 11 is 1.50. The minimum atomic E-state index is -1.22. The minimum absolute atomic E-state index is 0.0533. The van der Waals surface area contributed by atoms with E-state index >= 15 is 0 Å². The predicted octanol–water partition coefficient (Wildman–Crippen LogP) is 3.12. The number of ether oxygens (including phenoxy) is 1. The number of benzene rings is 1. The summed E-state index contributed by atoms with van der Waals surface area (Å²) in [6.07, 6.45) is 0.824. The highest BCUT2D eigenvalue weighted by Crippen LogP contribution is 2.24. The van der Waals surface area contributed by atoms with E-state index in [1.807, 2.05) is 12.3 Å². The molecule has 100 valence electrons. The van der Waals surface area contributed by atoms with Gasteiger partial charge < -0.3 is 9.84 Å². The average Bonchev–Trinajstić information content (AvgIpc) is 2.85. The van der Waals surface area contributed by atoms with Gasteiger partial charge in [-0.15, -0.1) is 11.3 Å². The van der Waals surface area contributed by atoms with E-state index in [0.717, 1.165) is 11.4 Å². The van der Waals surface area contributed by atoms with Crippen molar-refractivity contribution in [2.75, 3.05) is 0 Å². The van der Waals surface area contributed by atoms with Crippen LogP contribution in [0.25, 0.3) is 0 Å². The van der Waals surface area contributed by atoms with Crippen LogP contribution in [-0.2, 0) is 13.0 Å². The number of carboxylic acids is 1. The molecule has 1 heterocycles. The maximum absolute atomic E-state index is 13.6. The van der Waals surface area contributed by atoms with Crippen molar-refractivity contribution < 1.29 is 19.0 Å². The van der Waals surface area contributed by atoms with Gasteiger partial charge in [-0.3, -0.25) is 0 Å². The van der Waals surface area contributed by atoms with Crippen molar-refractivity contribution in [3.05, 3.63) is 45.7 Å².